The molecule has 26 heavy (non-hydrogen) atoms. The molecule has 8 heteroatoms. The zero-order valence-electron chi connectivity index (χ0n) is 15.5. The van der Waals surface area contributed by atoms with Crippen molar-refractivity contribution in [1.29, 1.82) is 0 Å². The summed E-state index contributed by atoms with van der Waals surface area (Å²) in [4.78, 5) is 17.4. The van der Waals surface area contributed by atoms with Crippen LogP contribution in [-0.4, -0.2) is 62.3 Å². The standard InChI is InChI=1S/C18H28N4O4/c1-3-19-18(20-12-15-5-4-6-17(11-15)22(23)24)21-8-7-16(13-21)14-26-10-9-25-2/h4-6,11,16H,3,7-10,12-14H2,1-2H3,(H,19,20). The Morgan fingerprint density at radius 2 is 2.31 bits per heavy atom. The topological polar surface area (TPSA) is 89.2 Å². The molecule has 0 aliphatic carbocycles. The summed E-state index contributed by atoms with van der Waals surface area (Å²) in [5.41, 5.74) is 0.922. The number of nitrogens with one attached hydrogen (secondary N) is 1. The van der Waals surface area contributed by atoms with Gasteiger partial charge in [0.25, 0.3) is 5.69 Å². The molecule has 0 amide bonds. The van der Waals surface area contributed by atoms with E-state index in [1.807, 2.05) is 13.0 Å². The lowest BCUT2D eigenvalue weighted by Gasteiger charge is -2.21. The third-order valence-corrected chi connectivity index (χ3v) is 4.24. The summed E-state index contributed by atoms with van der Waals surface area (Å²) in [5.74, 6) is 1.33. The van der Waals surface area contributed by atoms with E-state index in [1.54, 1.807) is 19.2 Å². The van der Waals surface area contributed by atoms with Gasteiger partial charge in [-0.2, -0.15) is 0 Å². The van der Waals surface area contributed by atoms with Gasteiger partial charge in [0.2, 0.25) is 0 Å². The largest absolute Gasteiger partial charge is 0.382 e. The van der Waals surface area contributed by atoms with Gasteiger partial charge < -0.3 is 19.7 Å². The van der Waals surface area contributed by atoms with Crippen molar-refractivity contribution < 1.29 is 14.4 Å². The molecule has 1 unspecified atom stereocenters. The van der Waals surface area contributed by atoms with Gasteiger partial charge in [-0.05, 0) is 18.9 Å². The number of hydrogen-bond acceptors (Lipinski definition) is 5. The number of rotatable bonds is 9. The lowest BCUT2D eigenvalue weighted by atomic mass is 10.1. The van der Waals surface area contributed by atoms with Crippen LogP contribution in [0.1, 0.15) is 18.9 Å². The van der Waals surface area contributed by atoms with Gasteiger partial charge in [-0.15, -0.1) is 0 Å². The van der Waals surface area contributed by atoms with E-state index in [1.165, 1.54) is 6.07 Å². The predicted molar refractivity (Wildman–Crippen MR) is 100 cm³/mol. The van der Waals surface area contributed by atoms with Crippen molar-refractivity contribution in [1.82, 2.24) is 10.2 Å². The zero-order valence-corrected chi connectivity index (χ0v) is 15.5. The van der Waals surface area contributed by atoms with Gasteiger partial charge in [0, 0.05) is 44.8 Å². The van der Waals surface area contributed by atoms with Crippen molar-refractivity contribution in [2.24, 2.45) is 10.9 Å². The van der Waals surface area contributed by atoms with Gasteiger partial charge in [-0.3, -0.25) is 10.1 Å². The highest BCUT2D eigenvalue weighted by molar-refractivity contribution is 5.80. The highest BCUT2D eigenvalue weighted by atomic mass is 16.6. The average molecular weight is 364 g/mol. The number of hydrogen-bond donors (Lipinski definition) is 1. The molecule has 1 aromatic rings. The van der Waals surface area contributed by atoms with Crippen molar-refractivity contribution in [2.45, 2.75) is 19.9 Å². The third-order valence-electron chi connectivity index (χ3n) is 4.24. The van der Waals surface area contributed by atoms with E-state index in [9.17, 15) is 10.1 Å². The summed E-state index contributed by atoms with van der Waals surface area (Å²) >= 11 is 0. The molecule has 1 aliphatic heterocycles. The van der Waals surface area contributed by atoms with E-state index >= 15 is 0 Å². The fourth-order valence-corrected chi connectivity index (χ4v) is 2.91. The van der Waals surface area contributed by atoms with E-state index in [-0.39, 0.29) is 10.6 Å². The van der Waals surface area contributed by atoms with E-state index in [0.29, 0.717) is 25.7 Å². The Morgan fingerprint density at radius 3 is 3.04 bits per heavy atom. The minimum atomic E-state index is -0.382. The molecule has 0 spiro atoms. The second-order valence-electron chi connectivity index (χ2n) is 6.27. The number of nitro benzene ring substituents is 1. The zero-order chi connectivity index (χ0) is 18.8. The fourth-order valence-electron chi connectivity index (χ4n) is 2.91. The predicted octanol–water partition coefficient (Wildman–Crippen LogP) is 2.05. The average Bonchev–Trinajstić information content (AvgIpc) is 3.11. The number of nitro groups is 1. The SMILES string of the molecule is CCNC(=NCc1cccc([N+](=O)[O-])c1)N1CCC(COCCOC)C1. The maximum Gasteiger partial charge on any atom is 0.269 e. The molecule has 0 bridgehead atoms. The number of non-ortho nitro benzene ring substituents is 1. The molecule has 1 aromatic carbocycles. The number of guanidine groups is 1. The highest BCUT2D eigenvalue weighted by Gasteiger charge is 2.25. The lowest BCUT2D eigenvalue weighted by Crippen LogP contribution is -2.40. The summed E-state index contributed by atoms with van der Waals surface area (Å²) < 4.78 is 10.6. The van der Waals surface area contributed by atoms with Crippen LogP contribution in [0.2, 0.25) is 0 Å². The van der Waals surface area contributed by atoms with Crippen molar-refractivity contribution in [3.63, 3.8) is 0 Å². The van der Waals surface area contributed by atoms with Crippen LogP contribution in [0.5, 0.6) is 0 Å². The Balaban J connectivity index is 1.92. The summed E-state index contributed by atoms with van der Waals surface area (Å²) in [7, 11) is 1.67. The Bertz CT molecular complexity index is 609. The minimum Gasteiger partial charge on any atom is -0.382 e. The van der Waals surface area contributed by atoms with Crippen LogP contribution in [0.4, 0.5) is 5.69 Å². The number of nitrogens with zero attached hydrogens (tertiary/aromatic N) is 3. The smallest absolute Gasteiger partial charge is 0.269 e. The van der Waals surface area contributed by atoms with Crippen LogP contribution >= 0.6 is 0 Å². The number of likely N-dealkylation sites (tertiary alicyclic amines) is 1. The van der Waals surface area contributed by atoms with Gasteiger partial charge in [0.15, 0.2) is 5.96 Å². The quantitative estimate of drug-likeness (QED) is 0.237. The minimum absolute atomic E-state index is 0.0946. The highest BCUT2D eigenvalue weighted by Crippen LogP contribution is 2.18. The number of ether oxygens (including phenoxy) is 2. The first-order valence-electron chi connectivity index (χ1n) is 8.97. The van der Waals surface area contributed by atoms with Crippen LogP contribution in [0, 0.1) is 16.0 Å². The van der Waals surface area contributed by atoms with Gasteiger partial charge in [-0.25, -0.2) is 4.99 Å². The Kier molecular flexibility index (Phi) is 8.30. The van der Waals surface area contributed by atoms with E-state index in [0.717, 1.165) is 44.2 Å². The Hall–Kier alpha value is -2.19. The summed E-state index contributed by atoms with van der Waals surface area (Å²) in [6, 6.07) is 6.62. The molecule has 1 fully saturated rings. The molecule has 8 nitrogen and oxygen atoms in total. The summed E-state index contributed by atoms with van der Waals surface area (Å²) in [5, 5.41) is 14.2. The van der Waals surface area contributed by atoms with Crippen LogP contribution < -0.4 is 5.32 Å². The molecule has 2 rings (SSSR count). The summed E-state index contributed by atoms with van der Waals surface area (Å²) in [6.45, 7) is 7.01. The molecule has 144 valence electrons. The van der Waals surface area contributed by atoms with Gasteiger partial charge in [0.1, 0.15) is 0 Å². The van der Waals surface area contributed by atoms with Crippen LogP contribution in [0.25, 0.3) is 0 Å². The number of benzene rings is 1. The Morgan fingerprint density at radius 1 is 1.46 bits per heavy atom. The van der Waals surface area contributed by atoms with E-state index in [2.05, 4.69) is 15.2 Å². The van der Waals surface area contributed by atoms with Gasteiger partial charge >= 0.3 is 0 Å². The molecule has 0 radical (unpaired) electrons. The fraction of sp³-hybridized carbons (Fsp3) is 0.611. The molecule has 0 aromatic heterocycles. The maximum absolute atomic E-state index is 10.9. The van der Waals surface area contributed by atoms with Crippen molar-refractivity contribution in [3.05, 3.63) is 39.9 Å². The molecular formula is C18H28N4O4. The number of aliphatic imine (C=N–C) groups is 1. The van der Waals surface area contributed by atoms with Crippen molar-refractivity contribution in [3.8, 4) is 0 Å². The normalized spacial score (nSPS) is 17.5. The molecule has 1 heterocycles. The number of methoxy groups -OCH3 is 1. The molecule has 1 aliphatic rings. The first-order chi connectivity index (χ1) is 12.6. The van der Waals surface area contributed by atoms with Crippen molar-refractivity contribution in [2.75, 3.05) is 46.6 Å². The van der Waals surface area contributed by atoms with Crippen molar-refractivity contribution >= 4 is 11.6 Å². The van der Waals surface area contributed by atoms with Crippen LogP contribution in [0.15, 0.2) is 29.3 Å². The third kappa shape index (κ3) is 6.27. The van der Waals surface area contributed by atoms with E-state index < -0.39 is 0 Å². The molecule has 1 N–H and O–H groups in total. The van der Waals surface area contributed by atoms with Gasteiger partial charge in [0.05, 0.1) is 31.3 Å². The molecule has 1 atom stereocenters. The maximum atomic E-state index is 10.9. The second kappa shape index (κ2) is 10.7. The molecule has 1 saturated heterocycles. The second-order valence-corrected chi connectivity index (χ2v) is 6.27. The monoisotopic (exact) mass is 364 g/mol. The molecule has 0 saturated carbocycles. The summed E-state index contributed by atoms with van der Waals surface area (Å²) in [6.07, 6.45) is 1.06. The molecular weight excluding hydrogens is 336 g/mol. The first kappa shape index (κ1) is 20.1. The van der Waals surface area contributed by atoms with Gasteiger partial charge in [-0.1, -0.05) is 12.1 Å². The van der Waals surface area contributed by atoms with E-state index in [4.69, 9.17) is 9.47 Å². The Labute approximate surface area is 154 Å². The van der Waals surface area contributed by atoms with Crippen LogP contribution in [-0.2, 0) is 16.0 Å². The van der Waals surface area contributed by atoms with Crippen LogP contribution in [0.3, 0.4) is 0 Å². The lowest BCUT2D eigenvalue weighted by molar-refractivity contribution is -0.384. The first-order valence-corrected chi connectivity index (χ1v) is 8.97.